The highest BCUT2D eigenvalue weighted by atomic mass is 16.6. The average molecular weight is 284 g/mol. The summed E-state index contributed by atoms with van der Waals surface area (Å²) in [6.07, 6.45) is 0. The second-order valence-corrected chi connectivity index (χ2v) is 5.47. The molecule has 0 aliphatic carbocycles. The average Bonchev–Trinajstić information content (AvgIpc) is 2.43. The van der Waals surface area contributed by atoms with E-state index in [0.29, 0.717) is 0 Å². The Morgan fingerprint density at radius 1 is 1.00 bits per heavy atom. The molecule has 0 aliphatic rings. The van der Waals surface area contributed by atoms with Gasteiger partial charge < -0.3 is 5.32 Å². The van der Waals surface area contributed by atoms with Crippen LogP contribution in [0.4, 0.5) is 11.4 Å². The monoisotopic (exact) mass is 284 g/mol. The van der Waals surface area contributed by atoms with Gasteiger partial charge in [0.25, 0.3) is 5.69 Å². The van der Waals surface area contributed by atoms with E-state index in [4.69, 9.17) is 0 Å². The Bertz CT molecular complexity index is 680. The van der Waals surface area contributed by atoms with Gasteiger partial charge in [0.2, 0.25) is 0 Å². The molecule has 2 rings (SSSR count). The fraction of sp³-hybridized carbons (Fsp3) is 0.294. The number of benzene rings is 2. The van der Waals surface area contributed by atoms with Crippen LogP contribution < -0.4 is 5.32 Å². The van der Waals surface area contributed by atoms with Crippen molar-refractivity contribution < 1.29 is 4.92 Å². The number of hydrogen-bond acceptors (Lipinski definition) is 3. The Balaban J connectivity index is 2.21. The highest BCUT2D eigenvalue weighted by molar-refractivity contribution is 5.56. The van der Waals surface area contributed by atoms with Crippen LogP contribution in [0.2, 0.25) is 0 Å². The summed E-state index contributed by atoms with van der Waals surface area (Å²) in [4.78, 5) is 10.4. The second kappa shape index (κ2) is 5.95. The van der Waals surface area contributed by atoms with Crippen molar-refractivity contribution in [2.24, 2.45) is 0 Å². The van der Waals surface area contributed by atoms with Crippen molar-refractivity contribution in [2.45, 2.75) is 33.7 Å². The number of non-ortho nitro benzene ring substituents is 1. The predicted octanol–water partition coefficient (Wildman–Crippen LogP) is 4.69. The molecule has 0 amide bonds. The molecule has 0 radical (unpaired) electrons. The molecular weight excluding hydrogens is 264 g/mol. The smallest absolute Gasteiger partial charge is 0.269 e. The maximum atomic E-state index is 10.8. The summed E-state index contributed by atoms with van der Waals surface area (Å²) in [6, 6.07) is 11.4. The molecule has 110 valence electrons. The molecule has 1 atom stereocenters. The number of nitrogens with zero attached hydrogens (tertiary/aromatic N) is 1. The second-order valence-electron chi connectivity index (χ2n) is 5.47. The van der Waals surface area contributed by atoms with Gasteiger partial charge in [0, 0.05) is 23.9 Å². The van der Waals surface area contributed by atoms with E-state index in [1.807, 2.05) is 6.92 Å². The Morgan fingerprint density at radius 2 is 1.71 bits per heavy atom. The lowest BCUT2D eigenvalue weighted by molar-refractivity contribution is -0.384. The molecule has 21 heavy (non-hydrogen) atoms. The normalized spacial score (nSPS) is 12.0. The summed E-state index contributed by atoms with van der Waals surface area (Å²) in [5.74, 6) is 0. The van der Waals surface area contributed by atoms with Crippen molar-refractivity contribution in [3.05, 3.63) is 68.8 Å². The summed E-state index contributed by atoms with van der Waals surface area (Å²) < 4.78 is 0. The van der Waals surface area contributed by atoms with E-state index in [1.165, 1.54) is 22.8 Å². The zero-order chi connectivity index (χ0) is 15.6. The number of anilines is 1. The maximum Gasteiger partial charge on any atom is 0.269 e. The van der Waals surface area contributed by atoms with Crippen LogP contribution in [0, 0.1) is 30.9 Å². The molecule has 0 bridgehead atoms. The number of nitro groups is 1. The van der Waals surface area contributed by atoms with Gasteiger partial charge in [-0.25, -0.2) is 0 Å². The van der Waals surface area contributed by atoms with Crippen molar-refractivity contribution in [3.63, 3.8) is 0 Å². The molecular formula is C17H20N2O2. The first kappa shape index (κ1) is 15.0. The zero-order valence-electron chi connectivity index (χ0n) is 12.8. The Morgan fingerprint density at radius 3 is 2.29 bits per heavy atom. The van der Waals surface area contributed by atoms with Crippen LogP contribution >= 0.6 is 0 Å². The van der Waals surface area contributed by atoms with E-state index in [-0.39, 0.29) is 16.7 Å². The maximum absolute atomic E-state index is 10.8. The molecule has 1 unspecified atom stereocenters. The molecule has 0 saturated carbocycles. The van der Waals surface area contributed by atoms with Crippen LogP contribution in [-0.2, 0) is 0 Å². The van der Waals surface area contributed by atoms with Crippen molar-refractivity contribution >= 4 is 11.4 Å². The zero-order valence-corrected chi connectivity index (χ0v) is 12.8. The molecule has 0 saturated heterocycles. The fourth-order valence-electron chi connectivity index (χ4n) is 2.27. The minimum absolute atomic E-state index is 0.122. The number of nitrogens with one attached hydrogen (secondary N) is 1. The van der Waals surface area contributed by atoms with Crippen molar-refractivity contribution in [1.29, 1.82) is 0 Å². The lowest BCUT2D eigenvalue weighted by Gasteiger charge is -2.18. The highest BCUT2D eigenvalue weighted by Gasteiger charge is 2.11. The van der Waals surface area contributed by atoms with Gasteiger partial charge >= 0.3 is 0 Å². The molecule has 0 aliphatic heterocycles. The lowest BCUT2D eigenvalue weighted by Crippen LogP contribution is -2.08. The van der Waals surface area contributed by atoms with E-state index in [2.05, 4.69) is 44.3 Å². The summed E-state index contributed by atoms with van der Waals surface area (Å²) in [5.41, 5.74) is 5.66. The molecule has 1 N–H and O–H groups in total. The molecule has 0 heterocycles. The van der Waals surface area contributed by atoms with E-state index >= 15 is 0 Å². The van der Waals surface area contributed by atoms with E-state index in [0.717, 1.165) is 11.3 Å². The SMILES string of the molecule is Cc1ccc(C(C)Nc2ccc([N+](=O)[O-])cc2C)cc1C. The van der Waals surface area contributed by atoms with Gasteiger partial charge in [-0.3, -0.25) is 10.1 Å². The van der Waals surface area contributed by atoms with E-state index in [1.54, 1.807) is 12.1 Å². The number of hydrogen-bond donors (Lipinski definition) is 1. The summed E-state index contributed by atoms with van der Waals surface area (Å²) in [5, 5.41) is 14.2. The van der Waals surface area contributed by atoms with Gasteiger partial charge in [-0.1, -0.05) is 18.2 Å². The Hall–Kier alpha value is -2.36. The van der Waals surface area contributed by atoms with Gasteiger partial charge in [-0.05, 0) is 56.0 Å². The third-order valence-electron chi connectivity index (χ3n) is 3.82. The third-order valence-corrected chi connectivity index (χ3v) is 3.82. The van der Waals surface area contributed by atoms with Gasteiger partial charge in [0.05, 0.1) is 4.92 Å². The molecule has 0 spiro atoms. The minimum Gasteiger partial charge on any atom is -0.378 e. The fourth-order valence-corrected chi connectivity index (χ4v) is 2.27. The molecule has 2 aromatic carbocycles. The molecule has 0 aromatic heterocycles. The minimum atomic E-state index is -0.371. The molecule has 2 aromatic rings. The van der Waals surface area contributed by atoms with Gasteiger partial charge in [-0.2, -0.15) is 0 Å². The van der Waals surface area contributed by atoms with Gasteiger partial charge in [0.1, 0.15) is 0 Å². The van der Waals surface area contributed by atoms with E-state index < -0.39 is 0 Å². The van der Waals surface area contributed by atoms with Crippen LogP contribution in [0.25, 0.3) is 0 Å². The lowest BCUT2D eigenvalue weighted by atomic mass is 10.0. The first-order chi connectivity index (χ1) is 9.88. The Labute approximate surface area is 125 Å². The summed E-state index contributed by atoms with van der Waals surface area (Å²) in [7, 11) is 0. The number of nitro benzene ring substituents is 1. The topological polar surface area (TPSA) is 55.2 Å². The standard InChI is InChI=1S/C17H20N2O2/c1-11-5-6-15(9-12(11)2)14(4)18-17-8-7-16(19(20)21)10-13(17)3/h5-10,14,18H,1-4H3. The highest BCUT2D eigenvalue weighted by Crippen LogP contribution is 2.26. The molecule has 0 fully saturated rings. The predicted molar refractivity (Wildman–Crippen MR) is 85.8 cm³/mol. The van der Waals surface area contributed by atoms with E-state index in [9.17, 15) is 10.1 Å². The van der Waals surface area contributed by atoms with Crippen LogP contribution in [0.3, 0.4) is 0 Å². The molecule has 4 nitrogen and oxygen atoms in total. The van der Waals surface area contributed by atoms with Gasteiger partial charge in [0.15, 0.2) is 0 Å². The summed E-state index contributed by atoms with van der Waals surface area (Å²) >= 11 is 0. The van der Waals surface area contributed by atoms with Crippen molar-refractivity contribution in [2.75, 3.05) is 5.32 Å². The largest absolute Gasteiger partial charge is 0.378 e. The van der Waals surface area contributed by atoms with Gasteiger partial charge in [-0.15, -0.1) is 0 Å². The Kier molecular flexibility index (Phi) is 4.26. The third kappa shape index (κ3) is 3.40. The quantitative estimate of drug-likeness (QED) is 0.654. The van der Waals surface area contributed by atoms with Crippen LogP contribution in [-0.4, -0.2) is 4.92 Å². The first-order valence-corrected chi connectivity index (χ1v) is 6.97. The molecule has 4 heteroatoms. The number of rotatable bonds is 4. The van der Waals surface area contributed by atoms with Crippen LogP contribution in [0.5, 0.6) is 0 Å². The van der Waals surface area contributed by atoms with Crippen molar-refractivity contribution in [3.8, 4) is 0 Å². The van der Waals surface area contributed by atoms with Crippen molar-refractivity contribution in [1.82, 2.24) is 0 Å². The summed E-state index contributed by atoms with van der Waals surface area (Å²) in [6.45, 7) is 8.16. The number of aryl methyl sites for hydroxylation is 3. The van der Waals surface area contributed by atoms with Crippen LogP contribution in [0.15, 0.2) is 36.4 Å². The van der Waals surface area contributed by atoms with Crippen LogP contribution in [0.1, 0.15) is 35.2 Å². The first-order valence-electron chi connectivity index (χ1n) is 6.97.